The molecule has 1 aliphatic rings. The van der Waals surface area contributed by atoms with Crippen LogP contribution in [0.2, 0.25) is 0 Å². The lowest BCUT2D eigenvalue weighted by Gasteiger charge is -2.29. The van der Waals surface area contributed by atoms with E-state index in [2.05, 4.69) is 14.8 Å². The Labute approximate surface area is 156 Å². The van der Waals surface area contributed by atoms with E-state index in [0.717, 1.165) is 25.0 Å². The number of nitrogens with one attached hydrogen (secondary N) is 2. The van der Waals surface area contributed by atoms with Crippen molar-refractivity contribution in [3.8, 4) is 5.75 Å². The summed E-state index contributed by atoms with van der Waals surface area (Å²) in [5.74, 6) is -1.71. The summed E-state index contributed by atoms with van der Waals surface area (Å²) in [6.07, 6.45) is -1.99. The van der Waals surface area contributed by atoms with Gasteiger partial charge in [0, 0.05) is 24.3 Å². The lowest BCUT2D eigenvalue weighted by molar-refractivity contribution is -0.275. The van der Waals surface area contributed by atoms with Gasteiger partial charge < -0.3 is 10.1 Å². The van der Waals surface area contributed by atoms with Crippen molar-refractivity contribution < 1.29 is 30.7 Å². The van der Waals surface area contributed by atoms with Gasteiger partial charge in [-0.2, -0.15) is 0 Å². The molecule has 0 bridgehead atoms. The SMILES string of the molecule is CC(C)S(=O)(=O)N[C@H]1CC[C@H](CNc2ccc(F)c(OC(F)(F)F)c2)CC1. The number of hydrogen-bond donors (Lipinski definition) is 2. The maximum atomic E-state index is 13.4. The number of halogens is 4. The van der Waals surface area contributed by atoms with Crippen molar-refractivity contribution in [3.63, 3.8) is 0 Å². The Hall–Kier alpha value is -1.55. The molecule has 0 radical (unpaired) electrons. The summed E-state index contributed by atoms with van der Waals surface area (Å²) in [4.78, 5) is 0. The van der Waals surface area contributed by atoms with Crippen molar-refractivity contribution >= 4 is 15.7 Å². The van der Waals surface area contributed by atoms with Gasteiger partial charge in [-0.1, -0.05) is 0 Å². The number of ether oxygens (including phenoxy) is 1. The van der Waals surface area contributed by atoms with Crippen LogP contribution in [0.3, 0.4) is 0 Å². The molecule has 2 rings (SSSR count). The van der Waals surface area contributed by atoms with E-state index in [1.165, 1.54) is 6.07 Å². The molecule has 0 saturated heterocycles. The molecular formula is C17H24F4N2O3S. The maximum Gasteiger partial charge on any atom is 0.573 e. The highest BCUT2D eigenvalue weighted by molar-refractivity contribution is 7.90. The number of sulfonamides is 1. The molecule has 0 heterocycles. The van der Waals surface area contributed by atoms with E-state index < -0.39 is 33.2 Å². The number of benzene rings is 1. The summed E-state index contributed by atoms with van der Waals surface area (Å²) in [5, 5.41) is 2.51. The van der Waals surface area contributed by atoms with Gasteiger partial charge in [0.1, 0.15) is 0 Å². The molecule has 27 heavy (non-hydrogen) atoms. The van der Waals surface area contributed by atoms with E-state index in [1.807, 2.05) is 0 Å². The first-order valence-electron chi connectivity index (χ1n) is 8.76. The van der Waals surface area contributed by atoms with Gasteiger partial charge in [0.15, 0.2) is 11.6 Å². The normalized spacial score (nSPS) is 21.3. The highest BCUT2D eigenvalue weighted by atomic mass is 32.2. The summed E-state index contributed by atoms with van der Waals surface area (Å²) < 4.78 is 80.4. The third-order valence-electron chi connectivity index (χ3n) is 4.55. The van der Waals surface area contributed by atoms with Crippen LogP contribution in [-0.2, 0) is 10.0 Å². The largest absolute Gasteiger partial charge is 0.573 e. The van der Waals surface area contributed by atoms with E-state index in [9.17, 15) is 26.0 Å². The van der Waals surface area contributed by atoms with Gasteiger partial charge >= 0.3 is 6.36 Å². The van der Waals surface area contributed by atoms with Gasteiger partial charge in [-0.15, -0.1) is 13.2 Å². The third kappa shape index (κ3) is 6.84. The zero-order chi connectivity index (χ0) is 20.2. The highest BCUT2D eigenvalue weighted by Crippen LogP contribution is 2.29. The first-order valence-corrected chi connectivity index (χ1v) is 10.3. The molecule has 2 N–H and O–H groups in total. The van der Waals surface area contributed by atoms with Crippen molar-refractivity contribution in [3.05, 3.63) is 24.0 Å². The summed E-state index contributed by atoms with van der Waals surface area (Å²) >= 11 is 0. The van der Waals surface area contributed by atoms with Crippen LogP contribution in [-0.4, -0.2) is 32.6 Å². The number of hydrogen-bond acceptors (Lipinski definition) is 4. The van der Waals surface area contributed by atoms with Crippen molar-refractivity contribution in [1.29, 1.82) is 0 Å². The van der Waals surface area contributed by atoms with E-state index in [1.54, 1.807) is 13.8 Å². The second-order valence-corrected chi connectivity index (χ2v) is 9.27. The fourth-order valence-corrected chi connectivity index (χ4v) is 3.90. The Morgan fingerprint density at radius 3 is 2.37 bits per heavy atom. The van der Waals surface area contributed by atoms with Crippen LogP contribution in [0.4, 0.5) is 23.2 Å². The molecule has 154 valence electrons. The van der Waals surface area contributed by atoms with Crippen molar-refractivity contribution in [2.45, 2.75) is 57.2 Å². The monoisotopic (exact) mass is 412 g/mol. The minimum absolute atomic E-state index is 0.0914. The molecule has 5 nitrogen and oxygen atoms in total. The fraction of sp³-hybridized carbons (Fsp3) is 0.647. The Kier molecular flexibility index (Phi) is 6.96. The Morgan fingerprint density at radius 2 is 1.81 bits per heavy atom. The van der Waals surface area contributed by atoms with Gasteiger partial charge in [-0.3, -0.25) is 0 Å². The van der Waals surface area contributed by atoms with E-state index in [-0.39, 0.29) is 12.0 Å². The molecule has 0 atom stereocenters. The number of anilines is 1. The molecule has 1 saturated carbocycles. The van der Waals surface area contributed by atoms with Crippen molar-refractivity contribution in [2.24, 2.45) is 5.92 Å². The number of rotatable bonds is 7. The zero-order valence-corrected chi connectivity index (χ0v) is 16.0. The second-order valence-electron chi connectivity index (χ2n) is 7.00. The Morgan fingerprint density at radius 1 is 1.19 bits per heavy atom. The standard InChI is InChI=1S/C17H24F4N2O3S/c1-11(2)27(24,25)23-13-5-3-12(4-6-13)10-22-14-7-8-15(18)16(9-14)26-17(19,20)21/h7-9,11-13,22-23H,3-6,10H2,1-2H3/t12-,13-. The maximum absolute atomic E-state index is 13.4. The van der Waals surface area contributed by atoms with Crippen LogP contribution in [0, 0.1) is 11.7 Å². The Bertz CT molecular complexity index is 730. The number of alkyl halides is 3. The quantitative estimate of drug-likeness (QED) is 0.664. The predicted molar refractivity (Wildman–Crippen MR) is 94.5 cm³/mol. The highest BCUT2D eigenvalue weighted by Gasteiger charge is 2.32. The lowest BCUT2D eigenvalue weighted by atomic mass is 9.86. The Balaban J connectivity index is 1.84. The van der Waals surface area contributed by atoms with Crippen molar-refractivity contribution in [2.75, 3.05) is 11.9 Å². The van der Waals surface area contributed by atoms with Crippen LogP contribution < -0.4 is 14.8 Å². The molecule has 1 fully saturated rings. The van der Waals surface area contributed by atoms with Crippen LogP contribution in [0.15, 0.2) is 18.2 Å². The van der Waals surface area contributed by atoms with Crippen LogP contribution in [0.5, 0.6) is 5.75 Å². The van der Waals surface area contributed by atoms with Crippen LogP contribution >= 0.6 is 0 Å². The molecule has 1 aliphatic carbocycles. The van der Waals surface area contributed by atoms with E-state index in [4.69, 9.17) is 0 Å². The van der Waals surface area contributed by atoms with Gasteiger partial charge in [0.05, 0.1) is 5.25 Å². The summed E-state index contributed by atoms with van der Waals surface area (Å²) in [7, 11) is -3.30. The predicted octanol–water partition coefficient (Wildman–Crippen LogP) is 4.02. The molecule has 0 unspecified atom stereocenters. The van der Waals surface area contributed by atoms with E-state index in [0.29, 0.717) is 25.1 Å². The van der Waals surface area contributed by atoms with Crippen LogP contribution in [0.25, 0.3) is 0 Å². The zero-order valence-electron chi connectivity index (χ0n) is 15.1. The summed E-state index contributed by atoms with van der Waals surface area (Å²) in [6.45, 7) is 3.75. The first-order chi connectivity index (χ1) is 12.5. The minimum atomic E-state index is -4.96. The summed E-state index contributed by atoms with van der Waals surface area (Å²) in [6, 6.07) is 3.15. The lowest BCUT2D eigenvalue weighted by Crippen LogP contribution is -2.41. The average Bonchev–Trinajstić information content (AvgIpc) is 2.55. The van der Waals surface area contributed by atoms with Gasteiger partial charge in [0.2, 0.25) is 10.0 Å². The fourth-order valence-electron chi connectivity index (χ4n) is 2.93. The molecule has 0 aromatic heterocycles. The molecule has 10 heteroatoms. The molecule has 0 amide bonds. The molecular weight excluding hydrogens is 388 g/mol. The van der Waals surface area contributed by atoms with E-state index >= 15 is 0 Å². The first kappa shape index (κ1) is 21.7. The minimum Gasteiger partial charge on any atom is -0.403 e. The van der Waals surface area contributed by atoms with Gasteiger partial charge in [-0.25, -0.2) is 17.5 Å². The molecule has 0 spiro atoms. The second kappa shape index (κ2) is 8.64. The van der Waals surface area contributed by atoms with Crippen molar-refractivity contribution in [1.82, 2.24) is 4.72 Å². The molecule has 1 aromatic carbocycles. The molecule has 1 aromatic rings. The smallest absolute Gasteiger partial charge is 0.403 e. The van der Waals surface area contributed by atoms with Crippen LogP contribution in [0.1, 0.15) is 39.5 Å². The molecule has 0 aliphatic heterocycles. The van der Waals surface area contributed by atoms with Gasteiger partial charge in [-0.05, 0) is 57.6 Å². The van der Waals surface area contributed by atoms with Gasteiger partial charge in [0.25, 0.3) is 0 Å². The summed E-state index contributed by atoms with van der Waals surface area (Å²) in [5.41, 5.74) is 0.332. The average molecular weight is 412 g/mol. The topological polar surface area (TPSA) is 67.4 Å². The third-order valence-corrected chi connectivity index (χ3v) is 6.45.